The van der Waals surface area contributed by atoms with Crippen LogP contribution in [0.3, 0.4) is 0 Å². The molecule has 2 aromatic carbocycles. The molecular formula is C23H20Cl2N2O2. The van der Waals surface area contributed by atoms with E-state index in [-0.39, 0.29) is 5.91 Å². The van der Waals surface area contributed by atoms with Gasteiger partial charge in [0, 0.05) is 46.1 Å². The molecule has 0 spiro atoms. The van der Waals surface area contributed by atoms with Gasteiger partial charge in [-0.1, -0.05) is 23.2 Å². The summed E-state index contributed by atoms with van der Waals surface area (Å²) in [6.07, 6.45) is 5.55. The molecule has 0 atom stereocenters. The average Bonchev–Trinajstić information content (AvgIpc) is 3.38. The van der Waals surface area contributed by atoms with Crippen molar-refractivity contribution in [1.82, 2.24) is 0 Å². The molecule has 1 aromatic heterocycles. The minimum absolute atomic E-state index is 0.220. The van der Waals surface area contributed by atoms with Gasteiger partial charge in [-0.3, -0.25) is 4.79 Å². The number of carbonyl (C=O) groups excluding carboxylic acids is 1. The lowest BCUT2D eigenvalue weighted by Crippen LogP contribution is -2.17. The Morgan fingerprint density at radius 3 is 2.34 bits per heavy atom. The van der Waals surface area contributed by atoms with Crippen LogP contribution in [0, 0.1) is 0 Å². The number of rotatable bonds is 5. The summed E-state index contributed by atoms with van der Waals surface area (Å²) in [7, 11) is 0. The second-order valence-electron chi connectivity index (χ2n) is 6.92. The maximum atomic E-state index is 12.2. The first-order valence-corrected chi connectivity index (χ1v) is 10.2. The first-order chi connectivity index (χ1) is 14.1. The van der Waals surface area contributed by atoms with Gasteiger partial charge < -0.3 is 14.6 Å². The zero-order chi connectivity index (χ0) is 20.2. The number of benzene rings is 2. The van der Waals surface area contributed by atoms with E-state index in [0.29, 0.717) is 21.6 Å². The number of nitrogens with zero attached hydrogens (tertiary/aromatic N) is 1. The van der Waals surface area contributed by atoms with Crippen LogP contribution < -0.4 is 10.2 Å². The van der Waals surface area contributed by atoms with E-state index in [2.05, 4.69) is 10.2 Å². The third-order valence-electron chi connectivity index (χ3n) is 4.78. The van der Waals surface area contributed by atoms with Gasteiger partial charge in [-0.15, -0.1) is 0 Å². The Morgan fingerprint density at radius 1 is 0.966 bits per heavy atom. The summed E-state index contributed by atoms with van der Waals surface area (Å²) >= 11 is 12.1. The van der Waals surface area contributed by atoms with Crippen molar-refractivity contribution in [3.63, 3.8) is 0 Å². The van der Waals surface area contributed by atoms with E-state index in [4.69, 9.17) is 27.6 Å². The summed E-state index contributed by atoms with van der Waals surface area (Å²) in [5.74, 6) is 0.977. The van der Waals surface area contributed by atoms with Crippen LogP contribution in [0.5, 0.6) is 0 Å². The zero-order valence-corrected chi connectivity index (χ0v) is 17.2. The van der Waals surface area contributed by atoms with Crippen molar-refractivity contribution < 1.29 is 9.21 Å². The van der Waals surface area contributed by atoms with E-state index in [0.717, 1.165) is 24.3 Å². The lowest BCUT2D eigenvalue weighted by atomic mass is 10.2. The number of hydrogen-bond donors (Lipinski definition) is 1. The molecule has 0 saturated carbocycles. The van der Waals surface area contributed by atoms with Crippen molar-refractivity contribution >= 4 is 46.6 Å². The normalized spacial score (nSPS) is 13.9. The molecule has 1 amide bonds. The van der Waals surface area contributed by atoms with Crippen molar-refractivity contribution in [2.75, 3.05) is 23.3 Å². The highest BCUT2D eigenvalue weighted by atomic mass is 35.5. The van der Waals surface area contributed by atoms with Crippen molar-refractivity contribution in [2.24, 2.45) is 0 Å². The fourth-order valence-corrected chi connectivity index (χ4v) is 3.89. The molecule has 1 aliphatic rings. The quantitative estimate of drug-likeness (QED) is 0.473. The molecule has 0 unspecified atom stereocenters. The highest BCUT2D eigenvalue weighted by molar-refractivity contribution is 6.35. The molecule has 3 aromatic rings. The van der Waals surface area contributed by atoms with Gasteiger partial charge in [-0.25, -0.2) is 0 Å². The van der Waals surface area contributed by atoms with Gasteiger partial charge in [-0.2, -0.15) is 0 Å². The Hall–Kier alpha value is -2.69. The van der Waals surface area contributed by atoms with Crippen molar-refractivity contribution in [3.8, 4) is 11.3 Å². The topological polar surface area (TPSA) is 45.5 Å². The Balaban J connectivity index is 1.38. The molecule has 0 bridgehead atoms. The minimum atomic E-state index is -0.220. The lowest BCUT2D eigenvalue weighted by Gasteiger charge is -2.17. The van der Waals surface area contributed by atoms with E-state index in [1.165, 1.54) is 24.6 Å². The molecule has 4 nitrogen and oxygen atoms in total. The first-order valence-electron chi connectivity index (χ1n) is 9.47. The number of halogens is 2. The van der Waals surface area contributed by atoms with E-state index in [1.54, 1.807) is 30.3 Å². The Bertz CT molecular complexity index is 1020. The second-order valence-corrected chi connectivity index (χ2v) is 7.80. The van der Waals surface area contributed by atoms with E-state index in [1.807, 2.05) is 30.3 Å². The van der Waals surface area contributed by atoms with Gasteiger partial charge in [0.1, 0.15) is 11.5 Å². The highest BCUT2D eigenvalue weighted by Crippen LogP contribution is 2.29. The van der Waals surface area contributed by atoms with Crippen molar-refractivity contribution in [2.45, 2.75) is 12.8 Å². The summed E-state index contributed by atoms with van der Waals surface area (Å²) < 4.78 is 5.76. The largest absolute Gasteiger partial charge is 0.457 e. The smallest absolute Gasteiger partial charge is 0.248 e. The number of anilines is 2. The van der Waals surface area contributed by atoms with Crippen LogP contribution in [0.4, 0.5) is 11.4 Å². The molecule has 6 heteroatoms. The molecule has 1 N–H and O–H groups in total. The van der Waals surface area contributed by atoms with Gasteiger partial charge in [0.2, 0.25) is 5.91 Å². The average molecular weight is 427 g/mol. The number of amides is 1. The fourth-order valence-electron chi connectivity index (χ4n) is 3.37. The van der Waals surface area contributed by atoms with E-state index in [9.17, 15) is 4.79 Å². The van der Waals surface area contributed by atoms with E-state index < -0.39 is 0 Å². The van der Waals surface area contributed by atoms with Crippen LogP contribution in [0.2, 0.25) is 10.0 Å². The maximum Gasteiger partial charge on any atom is 0.248 e. The molecule has 148 valence electrons. The first kappa shape index (κ1) is 19.6. The van der Waals surface area contributed by atoms with Crippen LogP contribution >= 0.6 is 23.2 Å². The van der Waals surface area contributed by atoms with Crippen LogP contribution in [-0.2, 0) is 4.79 Å². The number of furan rings is 1. The number of hydrogen-bond acceptors (Lipinski definition) is 3. The third-order valence-corrected chi connectivity index (χ3v) is 5.22. The second kappa shape index (κ2) is 8.76. The monoisotopic (exact) mass is 426 g/mol. The summed E-state index contributed by atoms with van der Waals surface area (Å²) in [5, 5.41) is 3.94. The fraction of sp³-hybridized carbons (Fsp3) is 0.174. The van der Waals surface area contributed by atoms with Crippen LogP contribution in [0.15, 0.2) is 65.1 Å². The molecule has 0 radical (unpaired) electrons. The van der Waals surface area contributed by atoms with E-state index >= 15 is 0 Å². The Kier molecular flexibility index (Phi) is 5.93. The summed E-state index contributed by atoms with van der Waals surface area (Å²) in [4.78, 5) is 14.6. The molecule has 29 heavy (non-hydrogen) atoms. The van der Waals surface area contributed by atoms with Crippen LogP contribution in [0.25, 0.3) is 17.4 Å². The Morgan fingerprint density at radius 2 is 1.66 bits per heavy atom. The SMILES string of the molecule is O=C(C=Cc1ccc(-c2cc(Cl)cc(Cl)c2)o1)Nc1ccc(N2CCCC2)cc1. The van der Waals surface area contributed by atoms with Gasteiger partial charge in [0.15, 0.2) is 0 Å². The zero-order valence-electron chi connectivity index (χ0n) is 15.7. The summed E-state index contributed by atoms with van der Waals surface area (Å²) in [6, 6.07) is 16.8. The van der Waals surface area contributed by atoms with Crippen molar-refractivity contribution in [3.05, 3.63) is 76.5 Å². The van der Waals surface area contributed by atoms with Gasteiger partial charge in [0.25, 0.3) is 0 Å². The van der Waals surface area contributed by atoms with Crippen molar-refractivity contribution in [1.29, 1.82) is 0 Å². The molecule has 0 aliphatic carbocycles. The molecular weight excluding hydrogens is 407 g/mol. The molecule has 1 aliphatic heterocycles. The highest BCUT2D eigenvalue weighted by Gasteiger charge is 2.12. The van der Waals surface area contributed by atoms with Gasteiger partial charge in [-0.05, 0) is 73.5 Å². The third kappa shape index (κ3) is 5.03. The predicted molar refractivity (Wildman–Crippen MR) is 120 cm³/mol. The van der Waals surface area contributed by atoms with Gasteiger partial charge >= 0.3 is 0 Å². The molecule has 1 fully saturated rings. The number of nitrogens with one attached hydrogen (secondary N) is 1. The van der Waals surface area contributed by atoms with Crippen LogP contribution in [-0.4, -0.2) is 19.0 Å². The van der Waals surface area contributed by atoms with Crippen LogP contribution in [0.1, 0.15) is 18.6 Å². The Labute approximate surface area is 179 Å². The molecule has 4 rings (SSSR count). The molecule has 1 saturated heterocycles. The van der Waals surface area contributed by atoms with Gasteiger partial charge in [0.05, 0.1) is 0 Å². The predicted octanol–water partition coefficient (Wildman–Crippen LogP) is 6.51. The standard InChI is InChI=1S/C23H20Cl2N2O2/c24-17-13-16(14-18(25)15-17)22-9-7-21(29-22)8-10-23(28)26-19-3-5-20(6-4-19)27-11-1-2-12-27/h3-10,13-15H,1-2,11-12H2,(H,26,28). The maximum absolute atomic E-state index is 12.2. The summed E-state index contributed by atoms with van der Waals surface area (Å²) in [6.45, 7) is 2.20. The number of carbonyl (C=O) groups is 1. The minimum Gasteiger partial charge on any atom is -0.457 e. The summed E-state index contributed by atoms with van der Waals surface area (Å²) in [5.41, 5.74) is 2.74. The lowest BCUT2D eigenvalue weighted by molar-refractivity contribution is -0.111. The molecule has 2 heterocycles.